The Morgan fingerprint density at radius 1 is 1.50 bits per heavy atom. The van der Waals surface area contributed by atoms with Gasteiger partial charge in [-0.2, -0.15) is 0 Å². The van der Waals surface area contributed by atoms with E-state index >= 15 is 0 Å². The molecule has 6 heteroatoms. The van der Waals surface area contributed by atoms with Crippen molar-refractivity contribution >= 4 is 21.6 Å². The summed E-state index contributed by atoms with van der Waals surface area (Å²) in [5.74, 6) is 0. The SMILES string of the molecule is COC(C)CNS(=O)(=O)c1cccc(Cl)c1. The van der Waals surface area contributed by atoms with E-state index in [0.717, 1.165) is 0 Å². The minimum Gasteiger partial charge on any atom is -0.380 e. The molecule has 4 nitrogen and oxygen atoms in total. The fourth-order valence-electron chi connectivity index (χ4n) is 1.03. The molecular weight excluding hydrogens is 250 g/mol. The Kier molecular flexibility index (Phi) is 4.73. The van der Waals surface area contributed by atoms with Crippen molar-refractivity contribution in [2.45, 2.75) is 17.9 Å². The summed E-state index contributed by atoms with van der Waals surface area (Å²) in [7, 11) is -1.98. The van der Waals surface area contributed by atoms with Crippen molar-refractivity contribution in [2.75, 3.05) is 13.7 Å². The highest BCUT2D eigenvalue weighted by molar-refractivity contribution is 7.89. The van der Waals surface area contributed by atoms with E-state index in [1.165, 1.54) is 19.2 Å². The third-order valence-electron chi connectivity index (χ3n) is 2.07. The van der Waals surface area contributed by atoms with Crippen LogP contribution in [0.1, 0.15) is 6.92 Å². The lowest BCUT2D eigenvalue weighted by atomic mass is 10.4. The van der Waals surface area contributed by atoms with Crippen LogP contribution < -0.4 is 4.72 Å². The second-order valence-corrected chi connectivity index (χ2v) is 5.56. The molecule has 1 N–H and O–H groups in total. The first kappa shape index (κ1) is 13.4. The second kappa shape index (κ2) is 5.63. The lowest BCUT2D eigenvalue weighted by Crippen LogP contribution is -2.31. The van der Waals surface area contributed by atoms with Gasteiger partial charge in [-0.15, -0.1) is 0 Å². The van der Waals surface area contributed by atoms with E-state index in [-0.39, 0.29) is 17.5 Å². The molecule has 0 heterocycles. The van der Waals surface area contributed by atoms with E-state index < -0.39 is 10.0 Å². The molecule has 90 valence electrons. The van der Waals surface area contributed by atoms with Crippen molar-refractivity contribution in [3.8, 4) is 0 Å². The lowest BCUT2D eigenvalue weighted by molar-refractivity contribution is 0.122. The first-order valence-electron chi connectivity index (χ1n) is 4.74. The average Bonchev–Trinajstić information content (AvgIpc) is 2.26. The molecule has 0 saturated carbocycles. The minimum absolute atomic E-state index is 0.156. The van der Waals surface area contributed by atoms with Gasteiger partial charge in [0.15, 0.2) is 0 Å². The van der Waals surface area contributed by atoms with Crippen LogP contribution in [0.15, 0.2) is 29.2 Å². The molecule has 0 fully saturated rings. The van der Waals surface area contributed by atoms with E-state index in [9.17, 15) is 8.42 Å². The molecule has 1 atom stereocenters. The van der Waals surface area contributed by atoms with Crippen molar-refractivity contribution in [1.29, 1.82) is 0 Å². The van der Waals surface area contributed by atoms with E-state index in [2.05, 4.69) is 4.72 Å². The van der Waals surface area contributed by atoms with E-state index in [0.29, 0.717) is 5.02 Å². The number of rotatable bonds is 5. The van der Waals surface area contributed by atoms with Gasteiger partial charge in [-0.1, -0.05) is 17.7 Å². The maximum atomic E-state index is 11.8. The van der Waals surface area contributed by atoms with Crippen molar-refractivity contribution in [2.24, 2.45) is 0 Å². The van der Waals surface area contributed by atoms with Crippen molar-refractivity contribution in [3.63, 3.8) is 0 Å². The van der Waals surface area contributed by atoms with Gasteiger partial charge in [0, 0.05) is 18.7 Å². The van der Waals surface area contributed by atoms with Crippen LogP contribution in [0.3, 0.4) is 0 Å². The van der Waals surface area contributed by atoms with Crippen LogP contribution in [0.4, 0.5) is 0 Å². The largest absolute Gasteiger partial charge is 0.380 e. The summed E-state index contributed by atoms with van der Waals surface area (Å²) >= 11 is 5.72. The Morgan fingerprint density at radius 3 is 2.75 bits per heavy atom. The van der Waals surface area contributed by atoms with Crippen LogP contribution in [-0.4, -0.2) is 28.2 Å². The number of halogens is 1. The number of methoxy groups -OCH3 is 1. The number of nitrogens with one attached hydrogen (secondary N) is 1. The molecule has 0 radical (unpaired) electrons. The minimum atomic E-state index is -3.50. The molecule has 0 aliphatic rings. The molecule has 16 heavy (non-hydrogen) atoms. The molecule has 0 aliphatic carbocycles. The average molecular weight is 264 g/mol. The van der Waals surface area contributed by atoms with Crippen molar-refractivity contribution in [1.82, 2.24) is 4.72 Å². The first-order valence-corrected chi connectivity index (χ1v) is 6.60. The number of benzene rings is 1. The highest BCUT2D eigenvalue weighted by Crippen LogP contribution is 2.15. The molecule has 0 aliphatic heterocycles. The van der Waals surface area contributed by atoms with E-state index in [4.69, 9.17) is 16.3 Å². The normalized spacial score (nSPS) is 13.7. The van der Waals surface area contributed by atoms with E-state index in [1.54, 1.807) is 19.1 Å². The molecular formula is C10H14ClNO3S. The maximum Gasteiger partial charge on any atom is 0.240 e. The smallest absolute Gasteiger partial charge is 0.240 e. The molecule has 0 amide bonds. The number of sulfonamides is 1. The number of hydrogen-bond acceptors (Lipinski definition) is 3. The van der Waals surface area contributed by atoms with E-state index in [1.807, 2.05) is 0 Å². The Morgan fingerprint density at radius 2 is 2.19 bits per heavy atom. The van der Waals surface area contributed by atoms with Crippen LogP contribution in [0.2, 0.25) is 5.02 Å². The topological polar surface area (TPSA) is 55.4 Å². The Balaban J connectivity index is 2.78. The van der Waals surface area contributed by atoms with Crippen molar-refractivity contribution in [3.05, 3.63) is 29.3 Å². The summed E-state index contributed by atoms with van der Waals surface area (Å²) in [4.78, 5) is 0.156. The van der Waals surface area contributed by atoms with Gasteiger partial charge < -0.3 is 4.74 Å². The standard InChI is InChI=1S/C10H14ClNO3S/c1-8(15-2)7-12-16(13,14)10-5-3-4-9(11)6-10/h3-6,8,12H,7H2,1-2H3. The van der Waals surface area contributed by atoms with Gasteiger partial charge in [0.25, 0.3) is 0 Å². The predicted molar refractivity (Wildman–Crippen MR) is 63.1 cm³/mol. The molecule has 0 spiro atoms. The zero-order chi connectivity index (χ0) is 12.2. The Hall–Kier alpha value is -0.620. The van der Waals surface area contributed by atoms with Gasteiger partial charge in [-0.05, 0) is 25.1 Å². The summed E-state index contributed by atoms with van der Waals surface area (Å²) in [6.45, 7) is 2.01. The van der Waals surface area contributed by atoms with Crippen LogP contribution in [0.25, 0.3) is 0 Å². The molecule has 1 unspecified atom stereocenters. The van der Waals surface area contributed by atoms with Gasteiger partial charge in [0.1, 0.15) is 0 Å². The predicted octanol–water partition coefficient (Wildman–Crippen LogP) is 1.65. The van der Waals surface area contributed by atoms with Gasteiger partial charge in [-0.3, -0.25) is 0 Å². The summed E-state index contributed by atoms with van der Waals surface area (Å²) in [5, 5.41) is 0.391. The van der Waals surface area contributed by atoms with Crippen LogP contribution in [0, 0.1) is 0 Å². The molecule has 0 bridgehead atoms. The highest BCUT2D eigenvalue weighted by atomic mass is 35.5. The van der Waals surface area contributed by atoms with Gasteiger partial charge >= 0.3 is 0 Å². The third kappa shape index (κ3) is 3.75. The molecule has 0 aromatic heterocycles. The van der Waals surface area contributed by atoms with Gasteiger partial charge in [0.2, 0.25) is 10.0 Å². The quantitative estimate of drug-likeness (QED) is 0.879. The Labute approximate surface area is 101 Å². The summed E-state index contributed by atoms with van der Waals surface area (Å²) in [6.07, 6.45) is -0.172. The molecule has 1 aromatic carbocycles. The zero-order valence-electron chi connectivity index (χ0n) is 9.10. The number of ether oxygens (including phenoxy) is 1. The van der Waals surface area contributed by atoms with Crippen LogP contribution in [-0.2, 0) is 14.8 Å². The maximum absolute atomic E-state index is 11.8. The Bertz CT molecular complexity index is 447. The summed E-state index contributed by atoms with van der Waals surface area (Å²) < 4.78 is 31.0. The summed E-state index contributed by atoms with van der Waals surface area (Å²) in [6, 6.07) is 6.11. The second-order valence-electron chi connectivity index (χ2n) is 3.36. The van der Waals surface area contributed by atoms with Gasteiger partial charge in [-0.25, -0.2) is 13.1 Å². The van der Waals surface area contributed by atoms with Crippen LogP contribution >= 0.6 is 11.6 Å². The third-order valence-corrected chi connectivity index (χ3v) is 3.73. The first-order chi connectivity index (χ1) is 7.45. The van der Waals surface area contributed by atoms with Gasteiger partial charge in [0.05, 0.1) is 11.0 Å². The molecule has 0 saturated heterocycles. The lowest BCUT2D eigenvalue weighted by Gasteiger charge is -2.11. The van der Waals surface area contributed by atoms with Crippen molar-refractivity contribution < 1.29 is 13.2 Å². The fourth-order valence-corrected chi connectivity index (χ4v) is 2.44. The zero-order valence-corrected chi connectivity index (χ0v) is 10.7. The van der Waals surface area contributed by atoms with Crippen LogP contribution in [0.5, 0.6) is 0 Å². The monoisotopic (exact) mass is 263 g/mol. The molecule has 1 rings (SSSR count). The summed E-state index contributed by atoms with van der Waals surface area (Å²) in [5.41, 5.74) is 0. The fraction of sp³-hybridized carbons (Fsp3) is 0.400. The highest BCUT2D eigenvalue weighted by Gasteiger charge is 2.14. The number of hydrogen-bond donors (Lipinski definition) is 1. The molecule has 1 aromatic rings.